The summed E-state index contributed by atoms with van der Waals surface area (Å²) in [7, 11) is -4.13. The molecule has 0 saturated carbocycles. The smallest absolute Gasteiger partial charge is 0.325 e. The number of ether oxygens (including phenoxy) is 1. The minimum absolute atomic E-state index is 0.0312. The zero-order valence-corrected chi connectivity index (χ0v) is 21.9. The van der Waals surface area contributed by atoms with Crippen LogP contribution in [0.3, 0.4) is 0 Å². The second-order valence-corrected chi connectivity index (χ2v) is 11.6. The van der Waals surface area contributed by atoms with Gasteiger partial charge in [0.15, 0.2) is 6.61 Å². The number of hydrogen-bond acceptors (Lipinski definition) is 4. The lowest BCUT2D eigenvalue weighted by molar-refractivity contribution is -0.139. The van der Waals surface area contributed by atoms with E-state index in [1.165, 1.54) is 5.56 Å². The number of hydrogen-bond donors (Lipinski definition) is 2. The van der Waals surface area contributed by atoms with Crippen molar-refractivity contribution in [3.8, 4) is 5.75 Å². The third kappa shape index (κ3) is 7.81. The number of nitrogens with zero attached hydrogens (tertiary/aromatic N) is 2. The van der Waals surface area contributed by atoms with Crippen LogP contribution in [0.25, 0.3) is 0 Å². The molecule has 2 aromatic carbocycles. The quantitative estimate of drug-likeness (QED) is 0.468. The number of amides is 1. The van der Waals surface area contributed by atoms with E-state index < -0.39 is 7.60 Å². The first-order valence-electron chi connectivity index (χ1n) is 10.8. The molecule has 0 aromatic heterocycles. The fraction of sp³-hybridized carbons (Fsp3) is 0.435. The molecule has 2 N–H and O–H groups in total. The van der Waals surface area contributed by atoms with Crippen LogP contribution in [-0.4, -0.2) is 63.4 Å². The summed E-state index contributed by atoms with van der Waals surface area (Å²) in [5, 5.41) is 0.714. The van der Waals surface area contributed by atoms with Crippen molar-refractivity contribution >= 4 is 41.0 Å². The Hall–Kier alpha value is -1.41. The molecule has 3 rings (SSSR count). The Bertz CT molecular complexity index is 1020. The molecule has 1 aliphatic rings. The molecular formula is C23H29BrClN2O5P. The van der Waals surface area contributed by atoms with Gasteiger partial charge in [0.2, 0.25) is 0 Å². The van der Waals surface area contributed by atoms with E-state index in [2.05, 4.69) is 27.8 Å². The van der Waals surface area contributed by atoms with Crippen LogP contribution in [0.4, 0.5) is 0 Å². The van der Waals surface area contributed by atoms with Crippen LogP contribution in [0.5, 0.6) is 5.75 Å². The van der Waals surface area contributed by atoms with Crippen molar-refractivity contribution < 1.29 is 23.9 Å². The van der Waals surface area contributed by atoms with Crippen molar-refractivity contribution in [1.82, 2.24) is 9.80 Å². The van der Waals surface area contributed by atoms with E-state index in [0.29, 0.717) is 22.9 Å². The SMILES string of the molecule is C[C@@H]1CN(Cc2ccc(Cl)cc2)[C@@H](C)CN1C(=O)COc1ccc(Br)cc1CCP(=O)(O)O. The number of carbonyl (C=O) groups excluding carboxylic acids is 1. The highest BCUT2D eigenvalue weighted by Gasteiger charge is 2.32. The van der Waals surface area contributed by atoms with E-state index >= 15 is 0 Å². The second kappa shape index (κ2) is 11.3. The van der Waals surface area contributed by atoms with Gasteiger partial charge in [0.05, 0.1) is 6.16 Å². The van der Waals surface area contributed by atoms with Crippen molar-refractivity contribution in [2.45, 2.75) is 38.9 Å². The normalized spacial score (nSPS) is 19.5. The predicted molar refractivity (Wildman–Crippen MR) is 133 cm³/mol. The summed E-state index contributed by atoms with van der Waals surface area (Å²) in [5.41, 5.74) is 1.83. The third-order valence-electron chi connectivity index (χ3n) is 5.78. The minimum Gasteiger partial charge on any atom is -0.483 e. The van der Waals surface area contributed by atoms with Gasteiger partial charge in [0.1, 0.15) is 5.75 Å². The molecule has 1 amide bonds. The average Bonchev–Trinajstić information content (AvgIpc) is 2.74. The third-order valence-corrected chi connectivity index (χ3v) is 7.33. The molecule has 1 saturated heterocycles. The summed E-state index contributed by atoms with van der Waals surface area (Å²) in [4.78, 5) is 35.6. The lowest BCUT2D eigenvalue weighted by Gasteiger charge is -2.44. The van der Waals surface area contributed by atoms with Gasteiger partial charge in [0.25, 0.3) is 5.91 Å². The maximum Gasteiger partial charge on any atom is 0.325 e. The van der Waals surface area contributed by atoms with Gasteiger partial charge in [-0.1, -0.05) is 39.7 Å². The summed E-state index contributed by atoms with van der Waals surface area (Å²) in [6.45, 7) is 6.16. The first-order chi connectivity index (χ1) is 15.5. The van der Waals surface area contributed by atoms with Crippen LogP contribution in [0.2, 0.25) is 5.02 Å². The van der Waals surface area contributed by atoms with Gasteiger partial charge < -0.3 is 19.4 Å². The highest BCUT2D eigenvalue weighted by atomic mass is 79.9. The van der Waals surface area contributed by atoms with E-state index in [9.17, 15) is 19.1 Å². The second-order valence-electron chi connectivity index (χ2n) is 8.48. The largest absolute Gasteiger partial charge is 0.483 e. The van der Waals surface area contributed by atoms with Crippen molar-refractivity contribution in [2.24, 2.45) is 0 Å². The van der Waals surface area contributed by atoms with Crippen LogP contribution < -0.4 is 4.74 Å². The van der Waals surface area contributed by atoms with E-state index in [1.54, 1.807) is 18.2 Å². The molecule has 0 radical (unpaired) electrons. The number of aryl methyl sites for hydroxylation is 1. The van der Waals surface area contributed by atoms with Crippen molar-refractivity contribution in [2.75, 3.05) is 25.9 Å². The molecule has 2 atom stereocenters. The molecule has 2 aromatic rings. The van der Waals surface area contributed by atoms with Crippen LogP contribution in [0.15, 0.2) is 46.9 Å². The Morgan fingerprint density at radius 1 is 1.15 bits per heavy atom. The molecule has 33 heavy (non-hydrogen) atoms. The fourth-order valence-corrected chi connectivity index (χ4v) is 5.03. The molecule has 0 aliphatic carbocycles. The lowest BCUT2D eigenvalue weighted by atomic mass is 10.1. The van der Waals surface area contributed by atoms with Gasteiger partial charge >= 0.3 is 7.60 Å². The number of piperazine rings is 1. The fourth-order valence-electron chi connectivity index (χ4n) is 3.96. The van der Waals surface area contributed by atoms with Gasteiger partial charge in [-0.25, -0.2) is 0 Å². The summed E-state index contributed by atoms with van der Waals surface area (Å²) in [6.07, 6.45) is -0.123. The Labute approximate surface area is 208 Å². The van der Waals surface area contributed by atoms with E-state index in [-0.39, 0.29) is 37.2 Å². The van der Waals surface area contributed by atoms with Crippen LogP contribution >= 0.6 is 35.1 Å². The molecule has 1 fully saturated rings. The van der Waals surface area contributed by atoms with Gasteiger partial charge in [-0.05, 0) is 61.7 Å². The van der Waals surface area contributed by atoms with Crippen LogP contribution in [0, 0.1) is 0 Å². The zero-order chi connectivity index (χ0) is 24.2. The monoisotopic (exact) mass is 558 g/mol. The molecule has 0 bridgehead atoms. The van der Waals surface area contributed by atoms with Crippen LogP contribution in [0.1, 0.15) is 25.0 Å². The van der Waals surface area contributed by atoms with Crippen molar-refractivity contribution in [3.05, 3.63) is 63.1 Å². The zero-order valence-electron chi connectivity index (χ0n) is 18.7. The molecule has 180 valence electrons. The molecule has 0 spiro atoms. The Morgan fingerprint density at radius 3 is 2.52 bits per heavy atom. The molecule has 10 heteroatoms. The van der Waals surface area contributed by atoms with Crippen molar-refractivity contribution in [1.29, 1.82) is 0 Å². The highest BCUT2D eigenvalue weighted by Crippen LogP contribution is 2.36. The average molecular weight is 560 g/mol. The number of rotatable bonds is 8. The Kier molecular flexibility index (Phi) is 9.01. The standard InChI is InChI=1S/C23H29BrClN2O5P/c1-16-13-27(17(2)12-26(16)14-18-3-6-21(25)7-4-18)23(28)15-32-22-8-5-20(24)11-19(22)9-10-33(29,30)31/h3-8,11,16-17H,9-10,12-15H2,1-2H3,(H2,29,30,31)/t16-,17+/m0/s1. The maximum atomic E-state index is 13.0. The Morgan fingerprint density at radius 2 is 1.85 bits per heavy atom. The molecule has 1 aliphatic heterocycles. The summed E-state index contributed by atoms with van der Waals surface area (Å²) in [6, 6.07) is 13.3. The summed E-state index contributed by atoms with van der Waals surface area (Å²) in [5.74, 6) is 0.353. The number of halogens is 2. The topological polar surface area (TPSA) is 90.3 Å². The number of benzene rings is 2. The van der Waals surface area contributed by atoms with E-state index in [1.807, 2.05) is 36.1 Å². The Balaban J connectivity index is 1.59. The van der Waals surface area contributed by atoms with Gasteiger partial charge in [-0.15, -0.1) is 0 Å². The van der Waals surface area contributed by atoms with Gasteiger partial charge in [0, 0.05) is 41.2 Å². The number of carbonyl (C=O) groups is 1. The van der Waals surface area contributed by atoms with Crippen molar-refractivity contribution in [3.63, 3.8) is 0 Å². The predicted octanol–water partition coefficient (Wildman–Crippen LogP) is 4.32. The summed E-state index contributed by atoms with van der Waals surface area (Å²) < 4.78 is 17.8. The van der Waals surface area contributed by atoms with E-state index in [0.717, 1.165) is 17.6 Å². The minimum atomic E-state index is -4.13. The molecule has 0 unspecified atom stereocenters. The summed E-state index contributed by atoms with van der Waals surface area (Å²) >= 11 is 9.35. The first kappa shape index (κ1) is 26.2. The molecular weight excluding hydrogens is 531 g/mol. The maximum absolute atomic E-state index is 13.0. The van der Waals surface area contributed by atoms with Gasteiger partial charge in [-0.3, -0.25) is 14.3 Å². The first-order valence-corrected chi connectivity index (χ1v) is 13.7. The van der Waals surface area contributed by atoms with E-state index in [4.69, 9.17) is 16.3 Å². The molecule has 1 heterocycles. The van der Waals surface area contributed by atoms with Gasteiger partial charge in [-0.2, -0.15) is 0 Å². The highest BCUT2D eigenvalue weighted by molar-refractivity contribution is 9.10. The molecule has 7 nitrogen and oxygen atoms in total. The van der Waals surface area contributed by atoms with Crippen LogP contribution in [-0.2, 0) is 22.3 Å². The lowest BCUT2D eigenvalue weighted by Crippen LogP contribution is -2.58.